The quantitative estimate of drug-likeness (QED) is 0.435. The number of nitrogens with one attached hydrogen (secondary N) is 1. The van der Waals surface area contributed by atoms with Gasteiger partial charge in [-0.2, -0.15) is 0 Å². The number of aliphatic imine (C=N–C) groups is 1. The highest BCUT2D eigenvalue weighted by molar-refractivity contribution is 14.0. The van der Waals surface area contributed by atoms with E-state index in [1.807, 2.05) is 24.3 Å². The number of rotatable bonds is 4. The number of para-hydroxylation sites is 2. The molecule has 0 aromatic heterocycles. The van der Waals surface area contributed by atoms with Crippen LogP contribution in [0.2, 0.25) is 0 Å². The van der Waals surface area contributed by atoms with Gasteiger partial charge in [-0.05, 0) is 18.6 Å². The van der Waals surface area contributed by atoms with Gasteiger partial charge in [-0.3, -0.25) is 4.99 Å². The molecule has 2 atom stereocenters. The molecule has 0 bridgehead atoms. The Labute approximate surface area is 160 Å². The van der Waals surface area contributed by atoms with Gasteiger partial charge in [0, 0.05) is 33.2 Å². The first-order valence-corrected chi connectivity index (χ1v) is 8.14. The lowest BCUT2D eigenvalue weighted by atomic mass is 10.1. The summed E-state index contributed by atoms with van der Waals surface area (Å²) in [7, 11) is 3.86. The van der Waals surface area contributed by atoms with Crippen molar-refractivity contribution in [2.45, 2.75) is 12.5 Å². The van der Waals surface area contributed by atoms with Gasteiger partial charge >= 0.3 is 0 Å². The Balaban J connectivity index is 0.00000208. The molecule has 0 amide bonds. The normalized spacial score (nSPS) is 22.7. The zero-order chi connectivity index (χ0) is 16.1. The lowest BCUT2D eigenvalue weighted by Crippen LogP contribution is -2.47. The summed E-state index contributed by atoms with van der Waals surface area (Å²) in [6.07, 6.45) is 1.10. The van der Waals surface area contributed by atoms with Crippen molar-refractivity contribution in [1.82, 2.24) is 10.2 Å². The van der Waals surface area contributed by atoms with Crippen LogP contribution in [0.4, 0.5) is 0 Å². The Morgan fingerprint density at radius 3 is 2.79 bits per heavy atom. The molecule has 2 heterocycles. The van der Waals surface area contributed by atoms with Crippen molar-refractivity contribution in [3.05, 3.63) is 24.3 Å². The molecule has 0 radical (unpaired) electrons. The number of guanidine groups is 1. The van der Waals surface area contributed by atoms with Crippen LogP contribution in [-0.4, -0.2) is 64.0 Å². The van der Waals surface area contributed by atoms with E-state index < -0.39 is 0 Å². The lowest BCUT2D eigenvalue weighted by molar-refractivity contribution is 0.0931. The first-order chi connectivity index (χ1) is 11.3. The third-order valence-corrected chi connectivity index (χ3v) is 4.18. The summed E-state index contributed by atoms with van der Waals surface area (Å²) < 4.78 is 17.1. The number of ether oxygens (including phenoxy) is 3. The topological polar surface area (TPSA) is 55.3 Å². The molecule has 3 rings (SSSR count). The molecule has 1 saturated heterocycles. The number of nitrogens with zero attached hydrogens (tertiary/aromatic N) is 2. The molecule has 0 spiro atoms. The summed E-state index contributed by atoms with van der Waals surface area (Å²) >= 11 is 0. The SMILES string of the molecule is CN=C(NCC1COc2ccccc2O1)N(C)CC1CCOC1.I. The molecular weight excluding hydrogens is 421 g/mol. The van der Waals surface area contributed by atoms with Crippen molar-refractivity contribution in [3.63, 3.8) is 0 Å². The van der Waals surface area contributed by atoms with Crippen molar-refractivity contribution >= 4 is 29.9 Å². The van der Waals surface area contributed by atoms with E-state index in [0.29, 0.717) is 19.1 Å². The minimum atomic E-state index is -0.0233. The molecular formula is C17H26IN3O3. The zero-order valence-corrected chi connectivity index (χ0v) is 16.6. The van der Waals surface area contributed by atoms with E-state index in [4.69, 9.17) is 14.2 Å². The van der Waals surface area contributed by atoms with Crippen molar-refractivity contribution in [2.75, 3.05) is 47.0 Å². The second kappa shape index (κ2) is 9.31. The van der Waals surface area contributed by atoms with E-state index in [1.165, 1.54) is 0 Å². The lowest BCUT2D eigenvalue weighted by Gasteiger charge is -2.29. The molecule has 2 unspecified atom stereocenters. The molecule has 1 aromatic carbocycles. The molecule has 1 aromatic rings. The number of fused-ring (bicyclic) bond motifs is 1. The molecule has 0 aliphatic carbocycles. The second-order valence-electron chi connectivity index (χ2n) is 6.04. The van der Waals surface area contributed by atoms with Crippen molar-refractivity contribution in [2.24, 2.45) is 10.9 Å². The second-order valence-corrected chi connectivity index (χ2v) is 6.04. The Kier molecular flexibility index (Phi) is 7.41. The highest BCUT2D eigenvalue weighted by atomic mass is 127. The van der Waals surface area contributed by atoms with Crippen LogP contribution in [0.15, 0.2) is 29.3 Å². The molecule has 24 heavy (non-hydrogen) atoms. The minimum absolute atomic E-state index is 0. The van der Waals surface area contributed by atoms with Crippen LogP contribution >= 0.6 is 24.0 Å². The van der Waals surface area contributed by atoms with Gasteiger partial charge in [-0.25, -0.2) is 0 Å². The van der Waals surface area contributed by atoms with Crippen LogP contribution in [0.25, 0.3) is 0 Å². The van der Waals surface area contributed by atoms with Gasteiger partial charge in [0.15, 0.2) is 17.5 Å². The predicted molar refractivity (Wildman–Crippen MR) is 105 cm³/mol. The monoisotopic (exact) mass is 447 g/mol. The van der Waals surface area contributed by atoms with E-state index in [9.17, 15) is 0 Å². The Morgan fingerprint density at radius 1 is 1.29 bits per heavy atom. The summed E-state index contributed by atoms with van der Waals surface area (Å²) in [6.45, 7) is 3.87. The molecule has 134 valence electrons. The Bertz CT molecular complexity index is 550. The number of hydrogen-bond acceptors (Lipinski definition) is 4. The fourth-order valence-electron chi connectivity index (χ4n) is 2.95. The van der Waals surface area contributed by atoms with Crippen molar-refractivity contribution in [3.8, 4) is 11.5 Å². The van der Waals surface area contributed by atoms with Gasteiger partial charge < -0.3 is 24.4 Å². The van der Waals surface area contributed by atoms with Crippen LogP contribution in [0.3, 0.4) is 0 Å². The number of benzene rings is 1. The largest absolute Gasteiger partial charge is 0.486 e. The van der Waals surface area contributed by atoms with Gasteiger partial charge in [0.1, 0.15) is 12.7 Å². The highest BCUT2D eigenvalue weighted by Crippen LogP contribution is 2.30. The Morgan fingerprint density at radius 2 is 2.08 bits per heavy atom. The third-order valence-electron chi connectivity index (χ3n) is 4.18. The minimum Gasteiger partial charge on any atom is -0.486 e. The Hall–Kier alpha value is -1.22. The third kappa shape index (κ3) is 4.89. The number of hydrogen-bond donors (Lipinski definition) is 1. The molecule has 0 saturated carbocycles. The van der Waals surface area contributed by atoms with Crippen LogP contribution in [-0.2, 0) is 4.74 Å². The summed E-state index contributed by atoms with van der Waals surface area (Å²) in [5.41, 5.74) is 0. The van der Waals surface area contributed by atoms with Gasteiger partial charge in [0.05, 0.1) is 13.2 Å². The maximum Gasteiger partial charge on any atom is 0.193 e. The van der Waals surface area contributed by atoms with Crippen molar-refractivity contribution in [1.29, 1.82) is 0 Å². The molecule has 1 fully saturated rings. The maximum atomic E-state index is 5.96. The smallest absolute Gasteiger partial charge is 0.193 e. The average molecular weight is 447 g/mol. The highest BCUT2D eigenvalue weighted by Gasteiger charge is 2.22. The van der Waals surface area contributed by atoms with E-state index in [0.717, 1.165) is 43.6 Å². The van der Waals surface area contributed by atoms with Crippen LogP contribution in [0.1, 0.15) is 6.42 Å². The fourth-order valence-corrected chi connectivity index (χ4v) is 2.95. The maximum absolute atomic E-state index is 5.96. The van der Waals surface area contributed by atoms with E-state index >= 15 is 0 Å². The van der Waals surface area contributed by atoms with E-state index in [1.54, 1.807) is 7.05 Å². The molecule has 2 aliphatic heterocycles. The number of halogens is 1. The van der Waals surface area contributed by atoms with Gasteiger partial charge in [-0.1, -0.05) is 12.1 Å². The molecule has 1 N–H and O–H groups in total. The summed E-state index contributed by atoms with van der Waals surface area (Å²) in [5, 5.41) is 3.37. The zero-order valence-electron chi connectivity index (χ0n) is 14.2. The van der Waals surface area contributed by atoms with E-state index in [2.05, 4.69) is 22.3 Å². The van der Waals surface area contributed by atoms with Gasteiger partial charge in [-0.15, -0.1) is 24.0 Å². The summed E-state index contributed by atoms with van der Waals surface area (Å²) in [5.74, 6) is 3.07. The van der Waals surface area contributed by atoms with Crippen LogP contribution in [0.5, 0.6) is 11.5 Å². The first-order valence-electron chi connectivity index (χ1n) is 8.14. The first kappa shape index (κ1) is 19.1. The summed E-state index contributed by atoms with van der Waals surface area (Å²) in [6, 6.07) is 7.76. The van der Waals surface area contributed by atoms with Crippen molar-refractivity contribution < 1.29 is 14.2 Å². The van der Waals surface area contributed by atoms with Crippen LogP contribution < -0.4 is 14.8 Å². The van der Waals surface area contributed by atoms with Gasteiger partial charge in [0.2, 0.25) is 0 Å². The average Bonchev–Trinajstić information content (AvgIpc) is 3.08. The van der Waals surface area contributed by atoms with E-state index in [-0.39, 0.29) is 30.1 Å². The summed E-state index contributed by atoms with van der Waals surface area (Å²) in [4.78, 5) is 6.50. The van der Waals surface area contributed by atoms with Gasteiger partial charge in [0.25, 0.3) is 0 Å². The molecule has 7 heteroatoms. The standard InChI is InChI=1S/C17H25N3O3.HI/c1-18-17(20(2)10-13-7-8-21-11-13)19-9-14-12-22-15-5-3-4-6-16(15)23-14;/h3-6,13-14H,7-12H2,1-2H3,(H,18,19);1H. The predicted octanol–water partition coefficient (Wildman–Crippen LogP) is 1.99. The van der Waals surface area contributed by atoms with Crippen LogP contribution in [0, 0.1) is 5.92 Å². The fraction of sp³-hybridized carbons (Fsp3) is 0.588. The molecule has 6 nitrogen and oxygen atoms in total. The molecule has 2 aliphatic rings.